The van der Waals surface area contributed by atoms with Gasteiger partial charge in [0.25, 0.3) is 0 Å². The van der Waals surface area contributed by atoms with Crippen molar-refractivity contribution in [2.45, 2.75) is 6.04 Å². The summed E-state index contributed by atoms with van der Waals surface area (Å²) in [6, 6.07) is 11.6. The molecule has 71 valence electrons. The number of rotatable bonds is 1. The number of fused-ring (bicyclic) bond motifs is 1. The molecule has 0 fully saturated rings. The largest absolute Gasteiger partial charge is 0.399 e. The first kappa shape index (κ1) is 9.03. The molecule has 1 atom stereocenters. The summed E-state index contributed by atoms with van der Waals surface area (Å²) in [6.45, 7) is 3.82. The predicted octanol–water partition coefficient (Wildman–Crippen LogP) is 2.26. The molecule has 0 heterocycles. The Balaban J connectivity index is 2.80. The predicted molar refractivity (Wildman–Crippen MR) is 60.6 cm³/mol. The molecule has 0 aliphatic carbocycles. The van der Waals surface area contributed by atoms with Crippen molar-refractivity contribution < 1.29 is 0 Å². The number of nitrogens with two attached hydrogens (primary N) is 2. The Hall–Kier alpha value is -1.54. The molecule has 1 unspecified atom stereocenters. The highest BCUT2D eigenvalue weighted by Crippen LogP contribution is 2.25. The van der Waals surface area contributed by atoms with E-state index in [1.54, 1.807) is 0 Å². The summed E-state index contributed by atoms with van der Waals surface area (Å²) in [4.78, 5) is 0. The third kappa shape index (κ3) is 1.44. The number of hydrogen-bond donors (Lipinski definition) is 2. The van der Waals surface area contributed by atoms with Gasteiger partial charge in [0.2, 0.25) is 0 Å². The maximum absolute atomic E-state index is 5.78. The smallest absolute Gasteiger partial charge is 0.0323 e. The lowest BCUT2D eigenvalue weighted by Gasteiger charge is -2.10. The SMILES string of the molecule is [CH2]C(N)c1cc(N)cc2ccccc12. The molecular formula is C12H13N2. The van der Waals surface area contributed by atoms with Gasteiger partial charge in [-0.3, -0.25) is 0 Å². The maximum Gasteiger partial charge on any atom is 0.0323 e. The molecular weight excluding hydrogens is 172 g/mol. The average molecular weight is 185 g/mol. The molecule has 0 aliphatic heterocycles. The first-order valence-corrected chi connectivity index (χ1v) is 4.55. The Kier molecular flexibility index (Phi) is 2.14. The quantitative estimate of drug-likeness (QED) is 0.669. The van der Waals surface area contributed by atoms with E-state index in [0.717, 1.165) is 22.0 Å². The fourth-order valence-electron chi connectivity index (χ4n) is 1.67. The highest BCUT2D eigenvalue weighted by molar-refractivity contribution is 5.89. The van der Waals surface area contributed by atoms with E-state index in [-0.39, 0.29) is 6.04 Å². The lowest BCUT2D eigenvalue weighted by atomic mass is 9.99. The second-order valence-corrected chi connectivity index (χ2v) is 3.44. The molecule has 0 saturated heterocycles. The van der Waals surface area contributed by atoms with Crippen molar-refractivity contribution in [2.75, 3.05) is 5.73 Å². The van der Waals surface area contributed by atoms with Gasteiger partial charge in [-0.1, -0.05) is 24.3 Å². The Bertz CT molecular complexity index is 461. The highest BCUT2D eigenvalue weighted by Gasteiger charge is 2.05. The number of benzene rings is 2. The van der Waals surface area contributed by atoms with Crippen molar-refractivity contribution in [2.24, 2.45) is 5.73 Å². The van der Waals surface area contributed by atoms with Crippen LogP contribution in [0.2, 0.25) is 0 Å². The topological polar surface area (TPSA) is 52.0 Å². The van der Waals surface area contributed by atoms with Crippen molar-refractivity contribution in [3.05, 3.63) is 48.9 Å². The van der Waals surface area contributed by atoms with E-state index < -0.39 is 0 Å². The van der Waals surface area contributed by atoms with E-state index in [1.165, 1.54) is 0 Å². The van der Waals surface area contributed by atoms with Gasteiger partial charge in [0.1, 0.15) is 0 Å². The third-order valence-electron chi connectivity index (χ3n) is 2.32. The van der Waals surface area contributed by atoms with Crippen LogP contribution in [-0.2, 0) is 0 Å². The second kappa shape index (κ2) is 3.31. The van der Waals surface area contributed by atoms with E-state index in [9.17, 15) is 0 Å². The highest BCUT2D eigenvalue weighted by atomic mass is 14.6. The molecule has 2 aromatic rings. The molecule has 2 aromatic carbocycles. The summed E-state index contributed by atoms with van der Waals surface area (Å²) in [5.41, 5.74) is 13.3. The minimum atomic E-state index is -0.233. The Labute approximate surface area is 83.5 Å². The summed E-state index contributed by atoms with van der Waals surface area (Å²) in [5.74, 6) is 0. The van der Waals surface area contributed by atoms with Gasteiger partial charge < -0.3 is 11.5 Å². The van der Waals surface area contributed by atoms with Gasteiger partial charge in [-0.15, -0.1) is 0 Å². The zero-order valence-electron chi connectivity index (χ0n) is 7.90. The normalized spacial score (nSPS) is 13.0. The molecule has 0 aromatic heterocycles. The van der Waals surface area contributed by atoms with Crippen LogP contribution in [0.3, 0.4) is 0 Å². The van der Waals surface area contributed by atoms with Crippen LogP contribution >= 0.6 is 0 Å². The fourth-order valence-corrected chi connectivity index (χ4v) is 1.67. The molecule has 0 amide bonds. The molecule has 4 N–H and O–H groups in total. The van der Waals surface area contributed by atoms with Crippen LogP contribution in [0.15, 0.2) is 36.4 Å². The van der Waals surface area contributed by atoms with Gasteiger partial charge in [-0.2, -0.15) is 0 Å². The van der Waals surface area contributed by atoms with Gasteiger partial charge in [0, 0.05) is 11.7 Å². The Morgan fingerprint density at radius 2 is 1.86 bits per heavy atom. The molecule has 0 saturated carbocycles. The van der Waals surface area contributed by atoms with Gasteiger partial charge in [-0.25, -0.2) is 0 Å². The zero-order valence-corrected chi connectivity index (χ0v) is 7.90. The number of hydrogen-bond acceptors (Lipinski definition) is 2. The summed E-state index contributed by atoms with van der Waals surface area (Å²) in [5, 5.41) is 2.24. The van der Waals surface area contributed by atoms with Crippen molar-refractivity contribution in [1.82, 2.24) is 0 Å². The van der Waals surface area contributed by atoms with Crippen LogP contribution in [0.4, 0.5) is 5.69 Å². The molecule has 0 bridgehead atoms. The maximum atomic E-state index is 5.78. The van der Waals surface area contributed by atoms with Gasteiger partial charge in [-0.05, 0) is 35.4 Å². The number of anilines is 1. The summed E-state index contributed by atoms with van der Waals surface area (Å²) < 4.78 is 0. The first-order valence-electron chi connectivity index (χ1n) is 4.55. The van der Waals surface area contributed by atoms with Crippen LogP contribution in [-0.4, -0.2) is 0 Å². The standard InChI is InChI=1S/C12H13N2/c1-8(13)12-7-10(14)6-9-4-2-3-5-11(9)12/h2-8H,1,13-14H2. The zero-order chi connectivity index (χ0) is 10.1. The third-order valence-corrected chi connectivity index (χ3v) is 2.32. The Morgan fingerprint density at radius 1 is 1.14 bits per heavy atom. The van der Waals surface area contributed by atoms with Gasteiger partial charge in [0.15, 0.2) is 0 Å². The molecule has 2 nitrogen and oxygen atoms in total. The molecule has 2 rings (SSSR count). The molecule has 0 aliphatic rings. The lowest BCUT2D eigenvalue weighted by Crippen LogP contribution is -2.06. The van der Waals surface area contributed by atoms with E-state index in [1.807, 2.05) is 36.4 Å². The average Bonchev–Trinajstić information content (AvgIpc) is 2.16. The summed E-state index contributed by atoms with van der Waals surface area (Å²) in [7, 11) is 0. The van der Waals surface area contributed by atoms with Gasteiger partial charge >= 0.3 is 0 Å². The van der Waals surface area contributed by atoms with Crippen LogP contribution in [0.1, 0.15) is 11.6 Å². The van der Waals surface area contributed by atoms with Crippen molar-refractivity contribution in [3.8, 4) is 0 Å². The summed E-state index contributed by atoms with van der Waals surface area (Å²) in [6.07, 6.45) is 0. The van der Waals surface area contributed by atoms with Crippen molar-refractivity contribution in [1.29, 1.82) is 0 Å². The first-order chi connectivity index (χ1) is 6.68. The van der Waals surface area contributed by atoms with E-state index >= 15 is 0 Å². The monoisotopic (exact) mass is 185 g/mol. The summed E-state index contributed by atoms with van der Waals surface area (Å²) >= 11 is 0. The van der Waals surface area contributed by atoms with Crippen LogP contribution in [0, 0.1) is 6.92 Å². The van der Waals surface area contributed by atoms with Crippen LogP contribution in [0.25, 0.3) is 10.8 Å². The van der Waals surface area contributed by atoms with Gasteiger partial charge in [0.05, 0.1) is 0 Å². The Morgan fingerprint density at radius 3 is 2.57 bits per heavy atom. The van der Waals surface area contributed by atoms with Crippen molar-refractivity contribution >= 4 is 16.5 Å². The molecule has 2 heteroatoms. The van der Waals surface area contributed by atoms with E-state index in [4.69, 9.17) is 11.5 Å². The molecule has 14 heavy (non-hydrogen) atoms. The number of nitrogen functional groups attached to an aromatic ring is 1. The molecule has 0 spiro atoms. The molecule has 1 radical (unpaired) electrons. The minimum absolute atomic E-state index is 0.233. The minimum Gasteiger partial charge on any atom is -0.399 e. The fraction of sp³-hybridized carbons (Fsp3) is 0.0833. The lowest BCUT2D eigenvalue weighted by molar-refractivity contribution is 0.919. The van der Waals surface area contributed by atoms with E-state index in [2.05, 4.69) is 6.92 Å². The van der Waals surface area contributed by atoms with Crippen LogP contribution < -0.4 is 11.5 Å². The van der Waals surface area contributed by atoms with Crippen LogP contribution in [0.5, 0.6) is 0 Å². The second-order valence-electron chi connectivity index (χ2n) is 3.44. The van der Waals surface area contributed by atoms with E-state index in [0.29, 0.717) is 0 Å². The van der Waals surface area contributed by atoms with Crippen molar-refractivity contribution in [3.63, 3.8) is 0 Å².